The first-order valence-corrected chi connectivity index (χ1v) is 15.6. The highest BCUT2D eigenvalue weighted by molar-refractivity contribution is 5.97. The van der Waals surface area contributed by atoms with Crippen LogP contribution in [0.1, 0.15) is 48.7 Å². The van der Waals surface area contributed by atoms with Crippen LogP contribution in [0.3, 0.4) is 0 Å². The Morgan fingerprint density at radius 3 is 2.38 bits per heavy atom. The number of ether oxygens (including phenoxy) is 2. The maximum atomic E-state index is 13.8. The lowest BCUT2D eigenvalue weighted by Gasteiger charge is -2.29. The average molecular weight is 649 g/mol. The van der Waals surface area contributed by atoms with E-state index in [1.807, 2.05) is 67.8 Å². The minimum atomic E-state index is -0.529. The van der Waals surface area contributed by atoms with E-state index in [-0.39, 0.29) is 18.2 Å². The Hall–Kier alpha value is -5.71. The normalized spacial score (nSPS) is 13.3. The lowest BCUT2D eigenvalue weighted by atomic mass is 9.98. The van der Waals surface area contributed by atoms with E-state index in [0.29, 0.717) is 35.9 Å². The second-order valence-corrected chi connectivity index (χ2v) is 12.5. The van der Waals surface area contributed by atoms with Crippen molar-refractivity contribution in [2.45, 2.75) is 39.3 Å². The predicted molar refractivity (Wildman–Crippen MR) is 183 cm³/mol. The van der Waals surface area contributed by atoms with Gasteiger partial charge in [-0.3, -0.25) is 9.20 Å². The minimum absolute atomic E-state index is 0.127. The number of rotatable bonds is 7. The number of carbonyl (C=O) groups is 2. The van der Waals surface area contributed by atoms with E-state index in [1.54, 1.807) is 11.1 Å². The number of fused-ring (bicyclic) bond motifs is 1. The zero-order chi connectivity index (χ0) is 34.0. The smallest absolute Gasteiger partial charge is 0.410 e. The van der Waals surface area contributed by atoms with Gasteiger partial charge in [-0.1, -0.05) is 54.6 Å². The van der Waals surface area contributed by atoms with Crippen LogP contribution in [0, 0.1) is 5.82 Å². The van der Waals surface area contributed by atoms with Crippen molar-refractivity contribution in [1.82, 2.24) is 24.6 Å². The van der Waals surface area contributed by atoms with E-state index in [9.17, 15) is 14.0 Å². The average Bonchev–Trinajstić information content (AvgIpc) is 3.48. The van der Waals surface area contributed by atoms with Gasteiger partial charge in [0, 0.05) is 43.2 Å². The fourth-order valence-corrected chi connectivity index (χ4v) is 5.64. The zero-order valence-electron chi connectivity index (χ0n) is 27.3. The molecule has 3 N–H and O–H groups in total. The molecule has 2 amide bonds. The first kappa shape index (κ1) is 32.2. The molecule has 2 aromatic heterocycles. The third kappa shape index (κ3) is 6.85. The second kappa shape index (κ2) is 13.2. The number of nitrogens with one attached hydrogen (secondary N) is 1. The second-order valence-electron chi connectivity index (χ2n) is 12.5. The molecule has 11 heteroatoms. The number of aromatic nitrogens is 3. The molecule has 0 saturated carbocycles. The molecule has 0 atom stereocenters. The monoisotopic (exact) mass is 648 g/mol. The molecule has 6 rings (SSSR count). The lowest BCUT2D eigenvalue weighted by molar-refractivity contribution is 0.0270. The van der Waals surface area contributed by atoms with Crippen molar-refractivity contribution in [2.24, 2.45) is 0 Å². The lowest BCUT2D eigenvalue weighted by Crippen LogP contribution is -2.39. The van der Waals surface area contributed by atoms with Gasteiger partial charge >= 0.3 is 6.09 Å². The van der Waals surface area contributed by atoms with E-state index >= 15 is 0 Å². The molecule has 0 unspecified atom stereocenters. The van der Waals surface area contributed by atoms with Gasteiger partial charge in [0.1, 0.15) is 40.0 Å². The fraction of sp³-hybridized carbons (Fsp3) is 0.243. The Labute approximate surface area is 278 Å². The molecule has 0 fully saturated rings. The highest BCUT2D eigenvalue weighted by Crippen LogP contribution is 2.33. The summed E-state index contributed by atoms with van der Waals surface area (Å²) in [6, 6.07) is 19.7. The molecule has 246 valence electrons. The van der Waals surface area contributed by atoms with Gasteiger partial charge in [-0.05, 0) is 62.1 Å². The van der Waals surface area contributed by atoms with Crippen LogP contribution >= 0.6 is 0 Å². The van der Waals surface area contributed by atoms with Crippen molar-refractivity contribution in [3.63, 3.8) is 0 Å². The number of amides is 2. The Kier molecular flexibility index (Phi) is 8.86. The van der Waals surface area contributed by atoms with Gasteiger partial charge in [-0.2, -0.15) is 0 Å². The molecule has 0 radical (unpaired) electrons. The summed E-state index contributed by atoms with van der Waals surface area (Å²) in [5.74, 6) is 0.411. The molecule has 48 heavy (non-hydrogen) atoms. The Morgan fingerprint density at radius 2 is 1.71 bits per heavy atom. The third-order valence-electron chi connectivity index (χ3n) is 8.04. The Balaban J connectivity index is 1.20. The summed E-state index contributed by atoms with van der Waals surface area (Å²) in [5.41, 5.74) is 12.2. The van der Waals surface area contributed by atoms with Crippen molar-refractivity contribution in [3.05, 3.63) is 108 Å². The fourth-order valence-electron chi connectivity index (χ4n) is 5.64. The number of hydrogen-bond acceptors (Lipinski definition) is 7. The summed E-state index contributed by atoms with van der Waals surface area (Å²) in [7, 11) is 1.43. The predicted octanol–water partition coefficient (Wildman–Crippen LogP) is 6.75. The first-order valence-electron chi connectivity index (χ1n) is 15.6. The molecular weight excluding hydrogens is 611 g/mol. The first-order chi connectivity index (χ1) is 23.0. The van der Waals surface area contributed by atoms with Crippen LogP contribution < -0.4 is 15.8 Å². The van der Waals surface area contributed by atoms with Crippen molar-refractivity contribution in [3.8, 4) is 28.4 Å². The van der Waals surface area contributed by atoms with Gasteiger partial charge in [-0.15, -0.1) is 0 Å². The number of methoxy groups -OCH3 is 1. The number of hydrogen-bond donors (Lipinski definition) is 2. The maximum absolute atomic E-state index is 13.8. The topological polar surface area (TPSA) is 124 Å². The summed E-state index contributed by atoms with van der Waals surface area (Å²) < 4.78 is 26.4. The molecule has 0 bridgehead atoms. The van der Waals surface area contributed by atoms with E-state index in [4.69, 9.17) is 20.2 Å². The van der Waals surface area contributed by atoms with Crippen molar-refractivity contribution < 1.29 is 23.5 Å². The number of benzene rings is 3. The van der Waals surface area contributed by atoms with Crippen LogP contribution in [0.15, 0.2) is 85.2 Å². The maximum Gasteiger partial charge on any atom is 0.410 e. The SMILES string of the molecule is COc1ccc(F)cc1C(=O)NCc1ccc(-c2nc(-c3ccc(C4=CCN(C(=O)OC(C)(C)C)CC4)cc3)n3ccnc(N)c23)cc1. The molecule has 3 aromatic carbocycles. The molecule has 0 aliphatic carbocycles. The molecule has 10 nitrogen and oxygen atoms in total. The van der Waals surface area contributed by atoms with Crippen molar-refractivity contribution in [1.29, 1.82) is 0 Å². The van der Waals surface area contributed by atoms with Crippen molar-refractivity contribution in [2.75, 3.05) is 25.9 Å². The quantitative estimate of drug-likeness (QED) is 0.200. The number of imidazole rings is 1. The molecule has 1 aliphatic heterocycles. The summed E-state index contributed by atoms with van der Waals surface area (Å²) in [6.07, 6.45) is 5.99. The van der Waals surface area contributed by atoms with E-state index < -0.39 is 17.3 Å². The molecule has 0 saturated heterocycles. The van der Waals surface area contributed by atoms with E-state index in [2.05, 4.69) is 28.5 Å². The summed E-state index contributed by atoms with van der Waals surface area (Å²) >= 11 is 0. The van der Waals surface area contributed by atoms with E-state index in [0.717, 1.165) is 40.6 Å². The molecule has 3 heterocycles. The number of carbonyl (C=O) groups excluding carboxylic acids is 2. The number of halogens is 1. The van der Waals surface area contributed by atoms with Crippen LogP contribution in [-0.4, -0.2) is 57.1 Å². The van der Waals surface area contributed by atoms with Crippen LogP contribution in [0.4, 0.5) is 15.0 Å². The number of nitrogens with zero attached hydrogens (tertiary/aromatic N) is 4. The van der Waals surface area contributed by atoms with E-state index in [1.165, 1.54) is 24.8 Å². The number of nitrogen functional groups attached to an aromatic ring is 1. The van der Waals surface area contributed by atoms with Gasteiger partial charge in [-0.25, -0.2) is 19.2 Å². The van der Waals surface area contributed by atoms with Crippen LogP contribution in [0.2, 0.25) is 0 Å². The summed E-state index contributed by atoms with van der Waals surface area (Å²) in [6.45, 7) is 6.93. The van der Waals surface area contributed by atoms with Gasteiger partial charge in [0.2, 0.25) is 0 Å². The van der Waals surface area contributed by atoms with Gasteiger partial charge in [0.15, 0.2) is 0 Å². The standard InChI is InChI=1S/C37H37FN6O4/c1-37(2,3)48-36(46)43-18-15-25(16-19-43)24-9-11-27(12-10-24)34-42-31(32-33(39)40-17-20-44(32)34)26-7-5-23(6-8-26)22-41-35(45)29-21-28(38)13-14-30(29)47-4/h5-15,17,20-21H,16,18-19,22H2,1-4H3,(H2,39,40)(H,41,45). The zero-order valence-corrected chi connectivity index (χ0v) is 27.3. The molecule has 1 aliphatic rings. The molecule has 0 spiro atoms. The highest BCUT2D eigenvalue weighted by atomic mass is 19.1. The van der Waals surface area contributed by atoms with Gasteiger partial charge < -0.3 is 25.4 Å². The third-order valence-corrected chi connectivity index (χ3v) is 8.04. The molecule has 5 aromatic rings. The summed E-state index contributed by atoms with van der Waals surface area (Å²) in [4.78, 5) is 36.2. The van der Waals surface area contributed by atoms with Gasteiger partial charge in [0.05, 0.1) is 12.7 Å². The highest BCUT2D eigenvalue weighted by Gasteiger charge is 2.24. The van der Waals surface area contributed by atoms with Crippen LogP contribution in [0.25, 0.3) is 33.7 Å². The summed E-state index contributed by atoms with van der Waals surface area (Å²) in [5, 5.41) is 2.82. The van der Waals surface area contributed by atoms with Gasteiger partial charge in [0.25, 0.3) is 5.91 Å². The number of anilines is 1. The minimum Gasteiger partial charge on any atom is -0.496 e. The van der Waals surface area contributed by atoms with Crippen LogP contribution in [0.5, 0.6) is 5.75 Å². The Morgan fingerprint density at radius 1 is 1.00 bits per heavy atom. The largest absolute Gasteiger partial charge is 0.496 e. The molecular formula is C37H37FN6O4. The number of nitrogens with two attached hydrogens (primary N) is 1. The van der Waals surface area contributed by atoms with Crippen molar-refractivity contribution >= 4 is 28.9 Å². The Bertz CT molecular complexity index is 2010. The van der Waals surface area contributed by atoms with Crippen LogP contribution in [-0.2, 0) is 11.3 Å².